The summed E-state index contributed by atoms with van der Waals surface area (Å²) in [6.45, 7) is 1.17. The second-order valence-corrected chi connectivity index (χ2v) is 3.94. The van der Waals surface area contributed by atoms with Gasteiger partial charge in [0.15, 0.2) is 0 Å². The molecule has 0 aliphatic carbocycles. The zero-order valence-corrected chi connectivity index (χ0v) is 10.2. The molecule has 0 aliphatic heterocycles. The molecule has 2 aromatic rings. The highest BCUT2D eigenvalue weighted by Crippen LogP contribution is 2.16. The van der Waals surface area contributed by atoms with E-state index in [2.05, 4.69) is 17.4 Å². The first-order chi connectivity index (χ1) is 8.88. The monoisotopic (exact) mass is 243 g/mol. The molecule has 0 aliphatic rings. The van der Waals surface area contributed by atoms with Crippen LogP contribution >= 0.6 is 0 Å². The molecular formula is C15H17NO2. The van der Waals surface area contributed by atoms with Crippen LogP contribution in [0.15, 0.2) is 54.6 Å². The summed E-state index contributed by atoms with van der Waals surface area (Å²) in [7, 11) is 0. The first-order valence-corrected chi connectivity index (χ1v) is 6.00. The van der Waals surface area contributed by atoms with Crippen molar-refractivity contribution in [2.75, 3.05) is 18.5 Å². The predicted octanol–water partition coefficient (Wildman–Crippen LogP) is 2.67. The van der Waals surface area contributed by atoms with Gasteiger partial charge in [0.2, 0.25) is 0 Å². The van der Waals surface area contributed by atoms with Crippen molar-refractivity contribution in [2.24, 2.45) is 0 Å². The number of aliphatic hydroxyl groups excluding tert-OH is 1. The molecule has 3 heteroatoms. The maximum atomic E-state index is 8.66. The Kier molecular flexibility index (Phi) is 4.61. The van der Waals surface area contributed by atoms with E-state index in [9.17, 15) is 0 Å². The van der Waals surface area contributed by atoms with Crippen LogP contribution < -0.4 is 10.1 Å². The minimum absolute atomic E-state index is 0.0357. The summed E-state index contributed by atoms with van der Waals surface area (Å²) >= 11 is 0. The summed E-state index contributed by atoms with van der Waals surface area (Å²) in [6.07, 6.45) is 0. The molecule has 0 unspecified atom stereocenters. The maximum Gasteiger partial charge on any atom is 0.119 e. The second-order valence-electron chi connectivity index (χ2n) is 3.94. The molecule has 3 nitrogen and oxygen atoms in total. The average Bonchev–Trinajstić information content (AvgIpc) is 2.45. The van der Waals surface area contributed by atoms with Gasteiger partial charge in [-0.3, -0.25) is 0 Å². The van der Waals surface area contributed by atoms with E-state index in [1.807, 2.05) is 42.5 Å². The fourth-order valence-corrected chi connectivity index (χ4v) is 1.63. The van der Waals surface area contributed by atoms with Gasteiger partial charge in [-0.1, -0.05) is 30.3 Å². The Morgan fingerprint density at radius 1 is 0.944 bits per heavy atom. The van der Waals surface area contributed by atoms with Gasteiger partial charge >= 0.3 is 0 Å². The molecule has 0 saturated carbocycles. The fourth-order valence-electron chi connectivity index (χ4n) is 1.63. The lowest BCUT2D eigenvalue weighted by Gasteiger charge is -2.08. The van der Waals surface area contributed by atoms with Crippen molar-refractivity contribution in [3.8, 4) is 5.75 Å². The summed E-state index contributed by atoms with van der Waals surface area (Å²) in [6, 6.07) is 18.0. The Hall–Kier alpha value is -2.00. The van der Waals surface area contributed by atoms with Crippen molar-refractivity contribution in [3.05, 3.63) is 60.2 Å². The van der Waals surface area contributed by atoms with Crippen LogP contribution in [0.1, 0.15) is 5.56 Å². The summed E-state index contributed by atoms with van der Waals surface area (Å²) in [5, 5.41) is 12.0. The molecule has 0 fully saturated rings. The molecule has 94 valence electrons. The highest BCUT2D eigenvalue weighted by Gasteiger charge is 1.95. The van der Waals surface area contributed by atoms with Crippen LogP contribution in [0.4, 0.5) is 5.69 Å². The van der Waals surface area contributed by atoms with E-state index >= 15 is 0 Å². The molecule has 18 heavy (non-hydrogen) atoms. The van der Waals surface area contributed by atoms with Gasteiger partial charge in [0.1, 0.15) is 12.4 Å². The minimum Gasteiger partial charge on any atom is -0.491 e. The highest BCUT2D eigenvalue weighted by molar-refractivity contribution is 5.46. The number of nitrogens with one attached hydrogen (secondary N) is 1. The van der Waals surface area contributed by atoms with Gasteiger partial charge in [-0.2, -0.15) is 0 Å². The van der Waals surface area contributed by atoms with Gasteiger partial charge in [-0.15, -0.1) is 0 Å². The summed E-state index contributed by atoms with van der Waals surface area (Å²) in [5.74, 6) is 0.773. The van der Waals surface area contributed by atoms with Gasteiger partial charge in [-0.05, 0) is 29.8 Å². The molecule has 0 atom stereocenters. The molecule has 2 aromatic carbocycles. The van der Waals surface area contributed by atoms with Gasteiger partial charge in [0, 0.05) is 12.2 Å². The van der Waals surface area contributed by atoms with Crippen molar-refractivity contribution >= 4 is 5.69 Å². The van der Waals surface area contributed by atoms with E-state index in [-0.39, 0.29) is 6.61 Å². The van der Waals surface area contributed by atoms with Crippen molar-refractivity contribution in [3.63, 3.8) is 0 Å². The van der Waals surface area contributed by atoms with Gasteiger partial charge in [0.05, 0.1) is 6.61 Å². The van der Waals surface area contributed by atoms with Crippen LogP contribution in [0.5, 0.6) is 5.75 Å². The fraction of sp³-hybridized carbons (Fsp3) is 0.200. The highest BCUT2D eigenvalue weighted by atomic mass is 16.5. The smallest absolute Gasteiger partial charge is 0.119 e. The van der Waals surface area contributed by atoms with Crippen LogP contribution in [0.2, 0.25) is 0 Å². The molecule has 2 N–H and O–H groups in total. The first kappa shape index (κ1) is 12.5. The minimum atomic E-state index is 0.0357. The summed E-state index contributed by atoms with van der Waals surface area (Å²) < 4.78 is 5.30. The van der Waals surface area contributed by atoms with Crippen LogP contribution in [0.25, 0.3) is 0 Å². The zero-order valence-electron chi connectivity index (χ0n) is 10.2. The lowest BCUT2D eigenvalue weighted by atomic mass is 10.2. The Morgan fingerprint density at radius 3 is 2.33 bits per heavy atom. The molecule has 0 aromatic heterocycles. The number of ether oxygens (including phenoxy) is 1. The van der Waals surface area contributed by atoms with E-state index in [0.717, 1.165) is 18.0 Å². The van der Waals surface area contributed by atoms with E-state index in [0.29, 0.717) is 6.61 Å². The molecule has 2 rings (SSSR count). The topological polar surface area (TPSA) is 41.5 Å². The predicted molar refractivity (Wildman–Crippen MR) is 72.8 cm³/mol. The van der Waals surface area contributed by atoms with Crippen LogP contribution in [0, 0.1) is 0 Å². The number of benzene rings is 2. The summed E-state index contributed by atoms with van der Waals surface area (Å²) in [5.41, 5.74) is 2.30. The molecule has 0 radical (unpaired) electrons. The Balaban J connectivity index is 1.86. The lowest BCUT2D eigenvalue weighted by Crippen LogP contribution is -2.02. The number of aliphatic hydroxyl groups is 1. The third kappa shape index (κ3) is 3.79. The van der Waals surface area contributed by atoms with Crippen molar-refractivity contribution < 1.29 is 9.84 Å². The van der Waals surface area contributed by atoms with Gasteiger partial charge in [0.25, 0.3) is 0 Å². The molecular weight excluding hydrogens is 226 g/mol. The molecule has 0 spiro atoms. The number of rotatable bonds is 6. The maximum absolute atomic E-state index is 8.66. The van der Waals surface area contributed by atoms with Crippen LogP contribution in [-0.2, 0) is 6.54 Å². The van der Waals surface area contributed by atoms with Crippen molar-refractivity contribution in [2.45, 2.75) is 6.54 Å². The molecule has 0 heterocycles. The Bertz CT molecular complexity index is 454. The SMILES string of the molecule is OCCOc1ccc(NCc2ccccc2)cc1. The van der Waals surface area contributed by atoms with Crippen molar-refractivity contribution in [1.29, 1.82) is 0 Å². The normalized spacial score (nSPS) is 10.1. The van der Waals surface area contributed by atoms with Gasteiger partial charge in [-0.25, -0.2) is 0 Å². The number of anilines is 1. The molecule has 0 amide bonds. The largest absolute Gasteiger partial charge is 0.491 e. The summed E-state index contributed by atoms with van der Waals surface area (Å²) in [4.78, 5) is 0. The van der Waals surface area contributed by atoms with E-state index < -0.39 is 0 Å². The van der Waals surface area contributed by atoms with Crippen molar-refractivity contribution in [1.82, 2.24) is 0 Å². The Labute approximate surface area is 107 Å². The van der Waals surface area contributed by atoms with Gasteiger partial charge < -0.3 is 15.2 Å². The third-order valence-corrected chi connectivity index (χ3v) is 2.55. The Morgan fingerprint density at radius 2 is 1.67 bits per heavy atom. The van der Waals surface area contributed by atoms with Crippen LogP contribution in [-0.4, -0.2) is 18.3 Å². The second kappa shape index (κ2) is 6.67. The van der Waals surface area contributed by atoms with Crippen LogP contribution in [0.3, 0.4) is 0 Å². The number of hydrogen-bond donors (Lipinski definition) is 2. The number of hydrogen-bond acceptors (Lipinski definition) is 3. The van der Waals surface area contributed by atoms with E-state index in [4.69, 9.17) is 9.84 Å². The first-order valence-electron chi connectivity index (χ1n) is 6.00. The van der Waals surface area contributed by atoms with E-state index in [1.54, 1.807) is 0 Å². The third-order valence-electron chi connectivity index (χ3n) is 2.55. The molecule has 0 saturated heterocycles. The standard InChI is InChI=1S/C15H17NO2/c17-10-11-18-15-8-6-14(7-9-15)16-12-13-4-2-1-3-5-13/h1-9,16-17H,10-12H2. The lowest BCUT2D eigenvalue weighted by molar-refractivity contribution is 0.201. The zero-order chi connectivity index (χ0) is 12.6. The molecule has 0 bridgehead atoms. The van der Waals surface area contributed by atoms with E-state index in [1.165, 1.54) is 5.56 Å². The quantitative estimate of drug-likeness (QED) is 0.819. The average molecular weight is 243 g/mol.